The zero-order valence-electron chi connectivity index (χ0n) is 17.1. The van der Waals surface area contributed by atoms with Crippen LogP contribution in [0.2, 0.25) is 0 Å². The molecule has 0 radical (unpaired) electrons. The molecule has 0 saturated carbocycles. The number of carboxylic acids is 1. The molecule has 31 heavy (non-hydrogen) atoms. The van der Waals surface area contributed by atoms with Crippen molar-refractivity contribution in [1.29, 1.82) is 0 Å². The highest BCUT2D eigenvalue weighted by Gasteiger charge is 2.18. The molecule has 2 N–H and O–H groups in total. The molecule has 0 spiro atoms. The van der Waals surface area contributed by atoms with Crippen LogP contribution in [-0.2, 0) is 6.54 Å². The minimum atomic E-state index is -1.23. The molecular formula is C22H23FN4O3S. The quantitative estimate of drug-likeness (QED) is 0.592. The van der Waals surface area contributed by atoms with Crippen LogP contribution in [0, 0.1) is 12.7 Å². The average molecular weight is 443 g/mol. The van der Waals surface area contributed by atoms with E-state index in [0.29, 0.717) is 12.2 Å². The zero-order chi connectivity index (χ0) is 22.0. The van der Waals surface area contributed by atoms with Gasteiger partial charge in [0.1, 0.15) is 11.5 Å². The number of hydrogen-bond acceptors (Lipinski definition) is 5. The summed E-state index contributed by atoms with van der Waals surface area (Å²) in [6, 6.07) is 5.13. The van der Waals surface area contributed by atoms with Gasteiger partial charge in [-0.2, -0.15) is 0 Å². The summed E-state index contributed by atoms with van der Waals surface area (Å²) in [7, 11) is 0. The Bertz CT molecular complexity index is 1120. The van der Waals surface area contributed by atoms with Crippen molar-refractivity contribution >= 4 is 34.0 Å². The van der Waals surface area contributed by atoms with Crippen LogP contribution in [-0.4, -0.2) is 39.6 Å². The number of thiazole rings is 1. The smallest absolute Gasteiger partial charge is 0.335 e. The number of amides is 1. The summed E-state index contributed by atoms with van der Waals surface area (Å²) >= 11 is 1.61. The van der Waals surface area contributed by atoms with Gasteiger partial charge in [0.25, 0.3) is 5.91 Å². The number of anilines is 2. The van der Waals surface area contributed by atoms with Gasteiger partial charge in [0.05, 0.1) is 23.5 Å². The van der Waals surface area contributed by atoms with Crippen molar-refractivity contribution in [3.8, 4) is 0 Å². The van der Waals surface area contributed by atoms with Crippen LogP contribution >= 0.6 is 11.3 Å². The molecule has 1 fully saturated rings. The Hall–Kier alpha value is -3.20. The standard InChI is InChI=1S/C22H23FN4O3S/c1-14-9-19(20(28)25-18-6-5-15(21(29)30)10-17(18)23)27(11-14)12-16-13-31-22(24-16)26-7-3-2-4-8-26/h5-6,9-11,13H,2-4,7-8,12H2,1H3,(H,25,28)(H,29,30). The van der Waals surface area contributed by atoms with E-state index in [0.717, 1.165) is 35.5 Å². The molecule has 3 heterocycles. The second kappa shape index (κ2) is 8.89. The molecule has 1 aliphatic rings. The van der Waals surface area contributed by atoms with Crippen molar-refractivity contribution in [1.82, 2.24) is 9.55 Å². The van der Waals surface area contributed by atoms with E-state index in [-0.39, 0.29) is 11.3 Å². The Morgan fingerprint density at radius 1 is 1.23 bits per heavy atom. The molecular weight excluding hydrogens is 419 g/mol. The lowest BCUT2D eigenvalue weighted by molar-refractivity contribution is 0.0696. The van der Waals surface area contributed by atoms with Gasteiger partial charge in [-0.25, -0.2) is 14.2 Å². The lowest BCUT2D eigenvalue weighted by Crippen LogP contribution is -2.29. The summed E-state index contributed by atoms with van der Waals surface area (Å²) < 4.78 is 16.0. The van der Waals surface area contributed by atoms with Gasteiger partial charge < -0.3 is 19.9 Å². The van der Waals surface area contributed by atoms with Gasteiger partial charge in [-0.1, -0.05) is 0 Å². The number of benzene rings is 1. The first kappa shape index (κ1) is 21.0. The van der Waals surface area contributed by atoms with E-state index in [1.165, 1.54) is 31.4 Å². The molecule has 0 atom stereocenters. The van der Waals surface area contributed by atoms with E-state index in [1.54, 1.807) is 22.0 Å². The van der Waals surface area contributed by atoms with E-state index in [2.05, 4.69) is 10.2 Å². The van der Waals surface area contributed by atoms with Gasteiger partial charge in [0.2, 0.25) is 0 Å². The van der Waals surface area contributed by atoms with E-state index in [4.69, 9.17) is 10.1 Å². The van der Waals surface area contributed by atoms with Crippen molar-refractivity contribution < 1.29 is 19.1 Å². The number of carbonyl (C=O) groups excluding carboxylic acids is 1. The Morgan fingerprint density at radius 3 is 2.71 bits per heavy atom. The van der Waals surface area contributed by atoms with Crippen LogP contribution in [0.5, 0.6) is 0 Å². The summed E-state index contributed by atoms with van der Waals surface area (Å²) in [5.41, 5.74) is 1.90. The molecule has 0 aliphatic carbocycles. The van der Waals surface area contributed by atoms with Gasteiger partial charge in [-0.05, 0) is 56.0 Å². The molecule has 9 heteroatoms. The molecule has 1 saturated heterocycles. The summed E-state index contributed by atoms with van der Waals surface area (Å²) in [5, 5.41) is 14.5. The molecule has 1 amide bonds. The van der Waals surface area contributed by atoms with E-state index < -0.39 is 17.7 Å². The largest absolute Gasteiger partial charge is 0.478 e. The number of carboxylic acid groups (broad SMARTS) is 1. The maximum absolute atomic E-state index is 14.2. The topological polar surface area (TPSA) is 87.5 Å². The van der Waals surface area contributed by atoms with Gasteiger partial charge in [0.15, 0.2) is 5.13 Å². The lowest BCUT2D eigenvalue weighted by Gasteiger charge is -2.25. The fraction of sp³-hybridized carbons (Fsp3) is 0.318. The van der Waals surface area contributed by atoms with E-state index >= 15 is 0 Å². The van der Waals surface area contributed by atoms with Crippen LogP contribution in [0.25, 0.3) is 0 Å². The SMILES string of the molecule is Cc1cc(C(=O)Nc2ccc(C(=O)O)cc2F)n(Cc2csc(N3CCCCC3)n2)c1. The molecule has 1 aliphatic heterocycles. The lowest BCUT2D eigenvalue weighted by atomic mass is 10.1. The van der Waals surface area contributed by atoms with Crippen LogP contribution in [0.15, 0.2) is 35.8 Å². The Balaban J connectivity index is 1.50. The minimum Gasteiger partial charge on any atom is -0.478 e. The number of piperidine rings is 1. The molecule has 7 nitrogen and oxygen atoms in total. The van der Waals surface area contributed by atoms with Crippen LogP contribution in [0.4, 0.5) is 15.2 Å². The van der Waals surface area contributed by atoms with Crippen molar-refractivity contribution in [2.75, 3.05) is 23.3 Å². The predicted molar refractivity (Wildman–Crippen MR) is 118 cm³/mol. The summed E-state index contributed by atoms with van der Waals surface area (Å²) in [5.74, 6) is -2.50. The first-order valence-electron chi connectivity index (χ1n) is 10.1. The summed E-state index contributed by atoms with van der Waals surface area (Å²) in [4.78, 5) is 30.8. The van der Waals surface area contributed by atoms with Crippen LogP contribution in [0.3, 0.4) is 0 Å². The molecule has 0 bridgehead atoms. The first-order chi connectivity index (χ1) is 14.9. The highest BCUT2D eigenvalue weighted by atomic mass is 32.1. The van der Waals surface area contributed by atoms with Gasteiger partial charge in [-0.3, -0.25) is 4.79 Å². The maximum Gasteiger partial charge on any atom is 0.335 e. The highest BCUT2D eigenvalue weighted by Crippen LogP contribution is 2.25. The fourth-order valence-corrected chi connectivity index (χ4v) is 4.56. The highest BCUT2D eigenvalue weighted by molar-refractivity contribution is 7.13. The predicted octanol–water partition coefficient (Wildman–Crippen LogP) is 4.38. The molecule has 1 aromatic carbocycles. The van der Waals surface area contributed by atoms with E-state index in [9.17, 15) is 14.0 Å². The van der Waals surface area contributed by atoms with Gasteiger partial charge in [0, 0.05) is 24.7 Å². The van der Waals surface area contributed by atoms with Crippen molar-refractivity contribution in [2.45, 2.75) is 32.7 Å². The van der Waals surface area contributed by atoms with Crippen molar-refractivity contribution in [2.24, 2.45) is 0 Å². The average Bonchev–Trinajstić information content (AvgIpc) is 3.36. The number of halogens is 1. The monoisotopic (exact) mass is 442 g/mol. The van der Waals surface area contributed by atoms with Gasteiger partial charge in [-0.15, -0.1) is 11.3 Å². The number of hydrogen-bond donors (Lipinski definition) is 2. The van der Waals surface area contributed by atoms with Crippen LogP contribution < -0.4 is 10.2 Å². The van der Waals surface area contributed by atoms with Crippen molar-refractivity contribution in [3.63, 3.8) is 0 Å². The fourth-order valence-electron chi connectivity index (χ4n) is 3.69. The normalized spacial score (nSPS) is 13.9. The number of aromatic nitrogens is 2. The number of nitrogens with zero attached hydrogens (tertiary/aromatic N) is 3. The number of rotatable bonds is 6. The number of carbonyl (C=O) groups is 2. The molecule has 3 aromatic rings. The number of aromatic carboxylic acids is 1. The second-order valence-corrected chi connectivity index (χ2v) is 8.49. The number of aryl methyl sites for hydroxylation is 1. The maximum atomic E-state index is 14.2. The molecule has 2 aromatic heterocycles. The Kier molecular flexibility index (Phi) is 6.03. The first-order valence-corrected chi connectivity index (χ1v) is 11.0. The number of nitrogens with one attached hydrogen (secondary N) is 1. The third-order valence-electron chi connectivity index (χ3n) is 5.23. The summed E-state index contributed by atoms with van der Waals surface area (Å²) in [6.45, 7) is 4.36. The van der Waals surface area contributed by atoms with Gasteiger partial charge >= 0.3 is 5.97 Å². The summed E-state index contributed by atoms with van der Waals surface area (Å²) in [6.07, 6.45) is 5.48. The molecule has 4 rings (SSSR count). The third kappa shape index (κ3) is 4.77. The Labute approximate surface area is 183 Å². The van der Waals surface area contributed by atoms with Crippen LogP contribution in [0.1, 0.15) is 51.4 Å². The third-order valence-corrected chi connectivity index (χ3v) is 6.18. The van der Waals surface area contributed by atoms with E-state index in [1.807, 2.05) is 18.5 Å². The second-order valence-electron chi connectivity index (χ2n) is 7.65. The minimum absolute atomic E-state index is 0.0681. The molecule has 0 unspecified atom stereocenters. The Morgan fingerprint density at radius 2 is 2.00 bits per heavy atom. The van der Waals surface area contributed by atoms with Crippen molar-refractivity contribution in [3.05, 3.63) is 64.2 Å². The molecule has 162 valence electrons. The zero-order valence-corrected chi connectivity index (χ0v) is 17.9.